The molecule has 1 saturated heterocycles. The van der Waals surface area contributed by atoms with Gasteiger partial charge in [-0.2, -0.15) is 4.40 Å². The van der Waals surface area contributed by atoms with Crippen molar-refractivity contribution in [1.29, 1.82) is 0 Å². The van der Waals surface area contributed by atoms with Gasteiger partial charge < -0.3 is 50.2 Å². The van der Waals surface area contributed by atoms with E-state index in [4.69, 9.17) is 16.2 Å². The van der Waals surface area contributed by atoms with Gasteiger partial charge in [-0.25, -0.2) is 9.36 Å². The van der Waals surface area contributed by atoms with Crippen LogP contribution in [0.4, 0.5) is 5.69 Å². The maximum Gasteiger partial charge on any atom is 0.355 e. The van der Waals surface area contributed by atoms with Crippen molar-refractivity contribution in [3.8, 4) is 0 Å². The zero-order valence-corrected chi connectivity index (χ0v) is 26.6. The van der Waals surface area contributed by atoms with E-state index in [1.165, 1.54) is 47.4 Å². The smallest absolute Gasteiger partial charge is 0.355 e. The summed E-state index contributed by atoms with van der Waals surface area (Å²) in [4.78, 5) is 62.9. The summed E-state index contributed by atoms with van der Waals surface area (Å²) in [5, 5.41) is 21.8. The number of thioether (sulfide) groups is 1. The predicted octanol–water partition coefficient (Wildman–Crippen LogP) is -2.42. The standard InChI is InChI=1S/C26H26N6O8S2.HI/c1-12-19(16-7-29-11-30(8-17(27)34)24(25(29)42-16)41-10-18(28)35)22(31-21(12)20(13(2)33)23(31)36)26(37)40-9-14-3-5-15(6-4-14)32(38)39;/h3-7,11-13,20-21,33H,8-10H2,1-2H3,(H3-,27,28,34,35);1H/t12-,13+,20+,21+;/m0./s1. The number of carbonyl (C=O) groups is 4. The zero-order valence-electron chi connectivity index (χ0n) is 22.8. The van der Waals surface area contributed by atoms with E-state index in [0.29, 0.717) is 25.9 Å². The number of rotatable bonds is 11. The number of nitrogens with zero attached hydrogens (tertiary/aromatic N) is 4. The number of carbonyl (C=O) groups excluding carboxylic acids is 4. The van der Waals surface area contributed by atoms with Crippen LogP contribution in [-0.4, -0.2) is 60.9 Å². The zero-order chi connectivity index (χ0) is 30.5. The number of ether oxygens (including phenoxy) is 1. The second-order valence-corrected chi connectivity index (χ2v) is 12.1. The third-order valence-electron chi connectivity index (χ3n) is 7.23. The van der Waals surface area contributed by atoms with Crippen molar-refractivity contribution in [2.24, 2.45) is 23.3 Å². The largest absolute Gasteiger partial charge is 1.00 e. The van der Waals surface area contributed by atoms with Crippen LogP contribution in [0.25, 0.3) is 10.4 Å². The highest BCUT2D eigenvalue weighted by Crippen LogP contribution is 2.52. The lowest BCUT2D eigenvalue weighted by Crippen LogP contribution is -3.00. The fraction of sp³-hybridized carbons (Fsp3) is 0.346. The molecule has 17 heteroatoms. The molecule has 5 N–H and O–H groups in total. The number of nitro benzene ring substituents is 1. The lowest BCUT2D eigenvalue weighted by atomic mass is 9.77. The first-order chi connectivity index (χ1) is 19.9. The summed E-state index contributed by atoms with van der Waals surface area (Å²) in [6.45, 7) is 3.11. The van der Waals surface area contributed by atoms with Crippen molar-refractivity contribution >= 4 is 62.9 Å². The molecule has 2 aromatic heterocycles. The first kappa shape index (κ1) is 32.4. The van der Waals surface area contributed by atoms with Gasteiger partial charge in [-0.05, 0) is 24.6 Å². The number of primary amides is 2. The van der Waals surface area contributed by atoms with Crippen LogP contribution < -0.4 is 40.0 Å². The van der Waals surface area contributed by atoms with E-state index in [9.17, 15) is 34.4 Å². The van der Waals surface area contributed by atoms with Gasteiger partial charge in [0.05, 0.1) is 33.6 Å². The number of hydrogen-bond donors (Lipinski definition) is 3. The molecular formula is C26H27IN6O8S2. The van der Waals surface area contributed by atoms with Crippen LogP contribution in [0, 0.1) is 22.0 Å². The Bertz CT molecular complexity index is 1670. The van der Waals surface area contributed by atoms with Crippen molar-refractivity contribution in [3.63, 3.8) is 0 Å². The molecule has 0 unspecified atom stereocenters. The van der Waals surface area contributed by atoms with E-state index in [2.05, 4.69) is 0 Å². The van der Waals surface area contributed by atoms with Gasteiger partial charge >= 0.3 is 5.97 Å². The van der Waals surface area contributed by atoms with Crippen LogP contribution in [0.2, 0.25) is 0 Å². The Labute approximate surface area is 269 Å². The minimum Gasteiger partial charge on any atom is -1.00 e. The molecule has 2 aliphatic rings. The van der Waals surface area contributed by atoms with E-state index < -0.39 is 40.8 Å². The van der Waals surface area contributed by atoms with Crippen LogP contribution >= 0.6 is 23.1 Å². The highest BCUT2D eigenvalue weighted by molar-refractivity contribution is 8.00. The Morgan fingerprint density at radius 1 is 1.23 bits per heavy atom. The topological polar surface area (TPSA) is 204 Å². The molecule has 0 saturated carbocycles. The number of benzene rings is 1. The van der Waals surface area contributed by atoms with E-state index >= 15 is 0 Å². The van der Waals surface area contributed by atoms with Crippen molar-refractivity contribution in [3.05, 3.63) is 63.0 Å². The van der Waals surface area contributed by atoms with Gasteiger partial charge in [0, 0.05) is 23.6 Å². The summed E-state index contributed by atoms with van der Waals surface area (Å²) in [6, 6.07) is 5.11. The molecule has 5 rings (SSSR count). The summed E-state index contributed by atoms with van der Waals surface area (Å²) >= 11 is 2.44. The number of aromatic nitrogens is 2. The van der Waals surface area contributed by atoms with Crippen molar-refractivity contribution in [2.45, 2.75) is 44.2 Å². The molecule has 0 aliphatic carbocycles. The number of imidazole rings is 1. The van der Waals surface area contributed by atoms with Gasteiger partial charge in [-0.1, -0.05) is 30.0 Å². The number of nitrogens with two attached hydrogens (primary N) is 2. The molecule has 0 radical (unpaired) electrons. The van der Waals surface area contributed by atoms with Gasteiger partial charge in [0.2, 0.25) is 21.7 Å². The molecule has 2 aliphatic heterocycles. The number of thiazole rings is 1. The molecular weight excluding hydrogens is 715 g/mol. The van der Waals surface area contributed by atoms with E-state index in [-0.39, 0.29) is 66.1 Å². The van der Waals surface area contributed by atoms with E-state index in [1.807, 2.05) is 6.92 Å². The number of nitro groups is 1. The van der Waals surface area contributed by atoms with Crippen molar-refractivity contribution in [1.82, 2.24) is 9.30 Å². The number of hydrogen-bond acceptors (Lipinski definition) is 10. The molecule has 4 heterocycles. The molecule has 3 aromatic rings. The summed E-state index contributed by atoms with van der Waals surface area (Å²) in [5.74, 6) is -3.33. The third-order valence-corrected chi connectivity index (χ3v) is 9.63. The van der Waals surface area contributed by atoms with Crippen LogP contribution in [-0.2, 0) is 37.1 Å². The first-order valence-corrected chi connectivity index (χ1v) is 14.6. The molecule has 43 heavy (non-hydrogen) atoms. The van der Waals surface area contributed by atoms with Crippen molar-refractivity contribution in [2.75, 3.05) is 5.75 Å². The van der Waals surface area contributed by atoms with Gasteiger partial charge in [0.1, 0.15) is 18.5 Å². The summed E-state index contributed by atoms with van der Waals surface area (Å²) in [5.41, 5.74) is 11.8. The van der Waals surface area contributed by atoms with Gasteiger partial charge in [-0.3, -0.25) is 24.5 Å². The summed E-state index contributed by atoms with van der Waals surface area (Å²) in [6.07, 6.45) is 2.48. The molecule has 14 nitrogen and oxygen atoms in total. The average molecular weight is 743 g/mol. The molecule has 228 valence electrons. The second kappa shape index (κ2) is 12.6. The molecule has 1 fully saturated rings. The van der Waals surface area contributed by atoms with Crippen LogP contribution in [0.3, 0.4) is 0 Å². The Morgan fingerprint density at radius 3 is 2.49 bits per heavy atom. The molecule has 0 spiro atoms. The second-order valence-electron chi connectivity index (χ2n) is 10.1. The Balaban J connectivity index is 0.00000423. The third kappa shape index (κ3) is 5.98. The maximum atomic E-state index is 13.6. The Hall–Kier alpha value is -3.55. The number of aliphatic hydroxyl groups is 1. The highest BCUT2D eigenvalue weighted by Gasteiger charge is 2.60. The first-order valence-electron chi connectivity index (χ1n) is 12.8. The quantitative estimate of drug-likeness (QED) is 0.0363. The molecule has 0 bridgehead atoms. The number of aliphatic hydroxyl groups excluding tert-OH is 1. The fourth-order valence-electron chi connectivity index (χ4n) is 5.44. The molecule has 1 aromatic carbocycles. The normalized spacial score (nSPS) is 19.9. The minimum atomic E-state index is -0.929. The average Bonchev–Trinajstić information content (AvgIpc) is 3.53. The van der Waals surface area contributed by atoms with Crippen LogP contribution in [0.5, 0.6) is 0 Å². The van der Waals surface area contributed by atoms with Crippen molar-refractivity contribution < 1.29 is 62.5 Å². The number of β-lactam (4-membered cyclic amide) rings is 1. The number of non-ortho nitro benzene ring substituents is 1. The summed E-state index contributed by atoms with van der Waals surface area (Å²) in [7, 11) is 0. The Morgan fingerprint density at radius 2 is 1.91 bits per heavy atom. The number of halogens is 1. The monoisotopic (exact) mass is 742 g/mol. The molecule has 3 amide bonds. The number of amides is 3. The van der Waals surface area contributed by atoms with Crippen LogP contribution in [0.1, 0.15) is 24.3 Å². The SMILES string of the molecule is C[C@@H](O)[C@H]1C(=O)N2C(C(=O)OCc3ccc([N+](=O)[O-])cc3)=C(c3cn4c[n+](CC(N)=O)c(SCC(N)=O)c4s3)[C@H](C)[C@H]12.[I-]. The van der Waals surface area contributed by atoms with Gasteiger partial charge in [0.15, 0.2) is 6.54 Å². The molecule has 4 atom stereocenters. The summed E-state index contributed by atoms with van der Waals surface area (Å²) < 4.78 is 8.93. The van der Waals surface area contributed by atoms with Gasteiger partial charge in [0.25, 0.3) is 17.9 Å². The minimum absolute atomic E-state index is 0. The lowest BCUT2D eigenvalue weighted by molar-refractivity contribution is -0.717. The maximum absolute atomic E-state index is 13.6. The highest BCUT2D eigenvalue weighted by atomic mass is 127. The number of esters is 1. The number of fused-ring (bicyclic) bond motifs is 2. The van der Waals surface area contributed by atoms with E-state index in [0.717, 1.165) is 11.8 Å². The van der Waals surface area contributed by atoms with Gasteiger partial charge in [-0.15, -0.1) is 0 Å². The van der Waals surface area contributed by atoms with Crippen LogP contribution in [0.15, 0.2) is 47.5 Å². The predicted molar refractivity (Wildman–Crippen MR) is 149 cm³/mol. The lowest BCUT2D eigenvalue weighted by Gasteiger charge is -2.46. The Kier molecular flexibility index (Phi) is 9.48. The van der Waals surface area contributed by atoms with E-state index in [1.54, 1.807) is 21.5 Å². The fourth-order valence-corrected chi connectivity index (χ4v) is 7.70.